The molecule has 2 aromatic carbocycles. The molecule has 3 aromatic rings. The van der Waals surface area contributed by atoms with Crippen LogP contribution in [0.2, 0.25) is 0 Å². The van der Waals surface area contributed by atoms with Gasteiger partial charge in [-0.05, 0) is 49.5 Å². The molecular formula is C26H32FN5O2. The van der Waals surface area contributed by atoms with Gasteiger partial charge in [-0.15, -0.1) is 0 Å². The number of amides is 1. The molecule has 1 aromatic heterocycles. The van der Waals surface area contributed by atoms with Crippen LogP contribution < -0.4 is 10.1 Å². The molecule has 2 heterocycles. The molecule has 0 bridgehead atoms. The fourth-order valence-electron chi connectivity index (χ4n) is 4.08. The summed E-state index contributed by atoms with van der Waals surface area (Å²) in [6.45, 7) is 5.74. The summed E-state index contributed by atoms with van der Waals surface area (Å²) in [5.41, 5.74) is 3.12. The lowest BCUT2D eigenvalue weighted by Crippen LogP contribution is -2.46. The van der Waals surface area contributed by atoms with E-state index in [9.17, 15) is 9.18 Å². The maximum Gasteiger partial charge on any atom is 0.220 e. The van der Waals surface area contributed by atoms with Crippen molar-refractivity contribution in [3.8, 4) is 22.7 Å². The maximum absolute atomic E-state index is 13.9. The van der Waals surface area contributed by atoms with Gasteiger partial charge in [0.1, 0.15) is 11.6 Å². The molecule has 0 radical (unpaired) electrons. The zero-order chi connectivity index (χ0) is 23.9. The van der Waals surface area contributed by atoms with Gasteiger partial charge in [0, 0.05) is 57.7 Å². The molecule has 34 heavy (non-hydrogen) atoms. The fourth-order valence-corrected chi connectivity index (χ4v) is 4.08. The summed E-state index contributed by atoms with van der Waals surface area (Å²) in [7, 11) is 3.75. The van der Waals surface area contributed by atoms with Crippen molar-refractivity contribution in [1.29, 1.82) is 0 Å². The molecule has 1 amide bonds. The topological polar surface area (TPSA) is 62.6 Å². The van der Waals surface area contributed by atoms with Gasteiger partial charge in [-0.1, -0.05) is 12.1 Å². The Hall–Kier alpha value is -3.23. The minimum absolute atomic E-state index is 0.0143. The first-order valence-electron chi connectivity index (χ1n) is 11.7. The zero-order valence-corrected chi connectivity index (χ0v) is 19.8. The first kappa shape index (κ1) is 23.9. The van der Waals surface area contributed by atoms with Crippen LogP contribution in [0.25, 0.3) is 16.9 Å². The first-order valence-corrected chi connectivity index (χ1v) is 11.7. The molecule has 0 saturated carbocycles. The fraction of sp³-hybridized carbons (Fsp3) is 0.385. The second kappa shape index (κ2) is 11.3. The van der Waals surface area contributed by atoms with Crippen molar-refractivity contribution in [2.24, 2.45) is 0 Å². The van der Waals surface area contributed by atoms with Crippen LogP contribution in [0.3, 0.4) is 0 Å². The second-order valence-corrected chi connectivity index (χ2v) is 8.64. The largest absolute Gasteiger partial charge is 0.497 e. The number of methoxy groups -OCH3 is 1. The number of aromatic nitrogens is 2. The van der Waals surface area contributed by atoms with E-state index in [1.54, 1.807) is 17.9 Å². The van der Waals surface area contributed by atoms with Crippen LogP contribution in [0, 0.1) is 5.82 Å². The summed E-state index contributed by atoms with van der Waals surface area (Å²) in [6, 6.07) is 15.9. The molecule has 0 spiro atoms. The van der Waals surface area contributed by atoms with E-state index in [4.69, 9.17) is 9.84 Å². The minimum atomic E-state index is -0.304. The third kappa shape index (κ3) is 6.21. The van der Waals surface area contributed by atoms with E-state index in [1.165, 1.54) is 12.1 Å². The smallest absolute Gasteiger partial charge is 0.220 e. The predicted octanol–water partition coefficient (Wildman–Crippen LogP) is 2.98. The highest BCUT2D eigenvalue weighted by Gasteiger charge is 2.15. The molecule has 1 aliphatic rings. The maximum atomic E-state index is 13.9. The molecule has 7 nitrogen and oxygen atoms in total. The van der Waals surface area contributed by atoms with Crippen LogP contribution in [0.15, 0.2) is 54.6 Å². The SMILES string of the molecule is COc1ccc(-n2nc(CCC(=O)NCCN3CCN(C)CC3)cc2-c2cccc(F)c2)cc1. The van der Waals surface area contributed by atoms with Crippen molar-refractivity contribution in [3.63, 3.8) is 0 Å². The Bertz CT molecular complexity index is 1090. The monoisotopic (exact) mass is 465 g/mol. The summed E-state index contributed by atoms with van der Waals surface area (Å²) in [5.74, 6) is 0.457. The van der Waals surface area contributed by atoms with Gasteiger partial charge in [-0.2, -0.15) is 5.10 Å². The normalized spacial score (nSPS) is 14.8. The molecule has 4 rings (SSSR count). The summed E-state index contributed by atoms with van der Waals surface area (Å²) in [6.07, 6.45) is 0.858. The summed E-state index contributed by atoms with van der Waals surface area (Å²) < 4.78 is 21.0. The van der Waals surface area contributed by atoms with Crippen molar-refractivity contribution in [2.75, 3.05) is 53.4 Å². The summed E-state index contributed by atoms with van der Waals surface area (Å²) in [4.78, 5) is 17.1. The number of carbonyl (C=O) groups is 1. The van der Waals surface area contributed by atoms with Crippen LogP contribution in [0.1, 0.15) is 12.1 Å². The number of piperazine rings is 1. The number of likely N-dealkylation sites (N-methyl/N-ethyl adjacent to an activating group) is 1. The highest BCUT2D eigenvalue weighted by atomic mass is 19.1. The van der Waals surface area contributed by atoms with Crippen molar-refractivity contribution < 1.29 is 13.9 Å². The average molecular weight is 466 g/mol. The van der Waals surface area contributed by atoms with Crippen LogP contribution in [-0.2, 0) is 11.2 Å². The van der Waals surface area contributed by atoms with E-state index in [-0.39, 0.29) is 11.7 Å². The van der Waals surface area contributed by atoms with Gasteiger partial charge in [0.2, 0.25) is 5.91 Å². The molecule has 1 aliphatic heterocycles. The van der Waals surface area contributed by atoms with Crippen molar-refractivity contribution in [1.82, 2.24) is 24.9 Å². The summed E-state index contributed by atoms with van der Waals surface area (Å²) in [5, 5.41) is 7.76. The number of ether oxygens (including phenoxy) is 1. The number of benzene rings is 2. The Balaban J connectivity index is 1.41. The van der Waals surface area contributed by atoms with Gasteiger partial charge in [-0.3, -0.25) is 9.69 Å². The van der Waals surface area contributed by atoms with E-state index in [0.717, 1.165) is 61.1 Å². The lowest BCUT2D eigenvalue weighted by molar-refractivity contribution is -0.121. The number of nitrogens with one attached hydrogen (secondary N) is 1. The Kier molecular flexibility index (Phi) is 7.92. The third-order valence-electron chi connectivity index (χ3n) is 6.15. The van der Waals surface area contributed by atoms with Crippen LogP contribution in [0.4, 0.5) is 4.39 Å². The lowest BCUT2D eigenvalue weighted by Gasteiger charge is -2.32. The predicted molar refractivity (Wildman–Crippen MR) is 131 cm³/mol. The molecule has 0 unspecified atom stereocenters. The molecule has 8 heteroatoms. The molecule has 0 aliphatic carbocycles. The van der Waals surface area contributed by atoms with Gasteiger partial charge >= 0.3 is 0 Å². The van der Waals surface area contributed by atoms with Gasteiger partial charge < -0.3 is 15.0 Å². The van der Waals surface area contributed by atoms with Crippen LogP contribution >= 0.6 is 0 Å². The van der Waals surface area contributed by atoms with Crippen LogP contribution in [-0.4, -0.2) is 78.9 Å². The second-order valence-electron chi connectivity index (χ2n) is 8.64. The summed E-state index contributed by atoms with van der Waals surface area (Å²) >= 11 is 0. The van der Waals surface area contributed by atoms with Gasteiger partial charge in [0.05, 0.1) is 24.2 Å². The average Bonchev–Trinajstić information content (AvgIpc) is 3.28. The highest BCUT2D eigenvalue weighted by Crippen LogP contribution is 2.26. The van der Waals surface area contributed by atoms with E-state index in [2.05, 4.69) is 22.2 Å². The van der Waals surface area contributed by atoms with Gasteiger partial charge in [0.25, 0.3) is 0 Å². The Morgan fingerprint density at radius 2 is 1.85 bits per heavy atom. The third-order valence-corrected chi connectivity index (χ3v) is 6.15. The Morgan fingerprint density at radius 1 is 1.09 bits per heavy atom. The van der Waals surface area contributed by atoms with E-state index < -0.39 is 0 Å². The molecule has 1 saturated heterocycles. The number of hydrogen-bond acceptors (Lipinski definition) is 5. The van der Waals surface area contributed by atoms with Gasteiger partial charge in [-0.25, -0.2) is 9.07 Å². The van der Waals surface area contributed by atoms with E-state index in [0.29, 0.717) is 19.4 Å². The van der Waals surface area contributed by atoms with Crippen molar-refractivity contribution in [3.05, 3.63) is 66.1 Å². The van der Waals surface area contributed by atoms with Crippen molar-refractivity contribution in [2.45, 2.75) is 12.8 Å². The minimum Gasteiger partial charge on any atom is -0.497 e. The zero-order valence-electron chi connectivity index (χ0n) is 19.8. The quantitative estimate of drug-likeness (QED) is 0.527. The number of nitrogens with zero attached hydrogens (tertiary/aromatic N) is 4. The number of halogens is 1. The van der Waals surface area contributed by atoms with Crippen LogP contribution in [0.5, 0.6) is 5.75 Å². The molecular weight excluding hydrogens is 433 g/mol. The molecule has 1 N–H and O–H groups in total. The Morgan fingerprint density at radius 3 is 2.56 bits per heavy atom. The van der Waals surface area contributed by atoms with E-state index >= 15 is 0 Å². The Labute approximate surface area is 200 Å². The molecule has 0 atom stereocenters. The van der Waals surface area contributed by atoms with E-state index in [1.807, 2.05) is 36.4 Å². The van der Waals surface area contributed by atoms with Crippen molar-refractivity contribution >= 4 is 5.91 Å². The number of rotatable bonds is 9. The standard InChI is InChI=1S/C26H32FN5O2/c1-30-14-16-31(17-15-30)13-12-28-26(33)11-6-22-19-25(20-4-3-5-21(27)18-20)32(29-22)23-7-9-24(34-2)10-8-23/h3-5,7-10,18-19H,6,11-17H2,1-2H3,(H,28,33). The number of hydrogen-bond donors (Lipinski definition) is 1. The highest BCUT2D eigenvalue weighted by molar-refractivity contribution is 5.76. The number of aryl methyl sites for hydroxylation is 1. The molecule has 1 fully saturated rings. The van der Waals surface area contributed by atoms with Gasteiger partial charge in [0.15, 0.2) is 0 Å². The molecule has 180 valence electrons. The first-order chi connectivity index (χ1) is 16.5. The number of carbonyl (C=O) groups excluding carboxylic acids is 1. The lowest BCUT2D eigenvalue weighted by atomic mass is 10.1.